The Hall–Kier alpha value is -2.73. The second-order valence-electron chi connectivity index (χ2n) is 7.83. The third-order valence-electron chi connectivity index (χ3n) is 5.47. The van der Waals surface area contributed by atoms with Crippen molar-refractivity contribution in [3.63, 3.8) is 0 Å². The summed E-state index contributed by atoms with van der Waals surface area (Å²) >= 11 is 0. The van der Waals surface area contributed by atoms with Crippen molar-refractivity contribution in [1.29, 1.82) is 0 Å². The molecule has 168 valence electrons. The van der Waals surface area contributed by atoms with Crippen molar-refractivity contribution in [2.24, 2.45) is 0 Å². The van der Waals surface area contributed by atoms with E-state index in [9.17, 15) is 9.59 Å². The van der Waals surface area contributed by atoms with Gasteiger partial charge >= 0.3 is 12.1 Å². The van der Waals surface area contributed by atoms with Crippen LogP contribution >= 0.6 is 0 Å². The fourth-order valence-corrected chi connectivity index (χ4v) is 3.73. The molecule has 0 aromatic heterocycles. The standard InChI is InChI=1S/C25H32FNO4/c1-4-14-25(3,23(29)31-24(30)27-15-6-7-16-28)20-12-9-13-21(26)22(20)19-11-8-10-18(5-2)17-19/h8-13,17,28H,4-7,14-16H2,1-3H3,(H,27,30). The van der Waals surface area contributed by atoms with Crippen LogP contribution < -0.4 is 5.32 Å². The fourth-order valence-electron chi connectivity index (χ4n) is 3.73. The summed E-state index contributed by atoms with van der Waals surface area (Å²) in [5.41, 5.74) is 1.41. The normalized spacial score (nSPS) is 12.8. The highest BCUT2D eigenvalue weighted by Crippen LogP contribution is 2.39. The van der Waals surface area contributed by atoms with Crippen molar-refractivity contribution < 1.29 is 23.8 Å². The maximum Gasteiger partial charge on any atom is 0.414 e. The summed E-state index contributed by atoms with van der Waals surface area (Å²) < 4.78 is 20.2. The van der Waals surface area contributed by atoms with Gasteiger partial charge in [0.15, 0.2) is 0 Å². The van der Waals surface area contributed by atoms with E-state index in [0.29, 0.717) is 48.9 Å². The number of carbonyl (C=O) groups is 2. The van der Waals surface area contributed by atoms with Crippen molar-refractivity contribution in [2.45, 2.75) is 58.3 Å². The number of amides is 1. The van der Waals surface area contributed by atoms with Crippen LogP contribution in [0.15, 0.2) is 42.5 Å². The van der Waals surface area contributed by atoms with Crippen LogP contribution in [0.5, 0.6) is 0 Å². The first kappa shape index (κ1) is 24.5. The highest BCUT2D eigenvalue weighted by Gasteiger charge is 2.40. The number of halogens is 1. The fraction of sp³-hybridized carbons (Fsp3) is 0.440. The summed E-state index contributed by atoms with van der Waals surface area (Å²) in [6.07, 6.45) is 2.14. The predicted octanol–water partition coefficient (Wildman–Crippen LogP) is 5.14. The number of hydrogen-bond donors (Lipinski definition) is 2. The third kappa shape index (κ3) is 6.14. The predicted molar refractivity (Wildman–Crippen MR) is 119 cm³/mol. The van der Waals surface area contributed by atoms with E-state index in [1.807, 2.05) is 38.1 Å². The van der Waals surface area contributed by atoms with Gasteiger partial charge in [0.05, 0.1) is 5.41 Å². The van der Waals surface area contributed by atoms with Crippen LogP contribution in [0.1, 0.15) is 57.6 Å². The first-order valence-electron chi connectivity index (χ1n) is 10.9. The second-order valence-corrected chi connectivity index (χ2v) is 7.83. The van der Waals surface area contributed by atoms with Crippen molar-refractivity contribution in [1.82, 2.24) is 5.32 Å². The Morgan fingerprint density at radius 1 is 1.13 bits per heavy atom. The van der Waals surface area contributed by atoms with Crippen LogP contribution in [-0.2, 0) is 21.4 Å². The molecule has 2 rings (SSSR count). The van der Waals surface area contributed by atoms with Gasteiger partial charge in [0.2, 0.25) is 0 Å². The number of aliphatic hydroxyl groups is 1. The summed E-state index contributed by atoms with van der Waals surface area (Å²) in [5, 5.41) is 11.3. The van der Waals surface area contributed by atoms with E-state index >= 15 is 4.39 Å². The molecule has 0 bridgehead atoms. The molecule has 0 saturated heterocycles. The number of aliphatic hydroxyl groups excluding tert-OH is 1. The maximum absolute atomic E-state index is 15.1. The monoisotopic (exact) mass is 429 g/mol. The molecular weight excluding hydrogens is 397 g/mol. The van der Waals surface area contributed by atoms with Crippen molar-refractivity contribution >= 4 is 12.1 Å². The first-order chi connectivity index (χ1) is 14.9. The van der Waals surface area contributed by atoms with Crippen LogP contribution in [-0.4, -0.2) is 30.3 Å². The van der Waals surface area contributed by atoms with Gasteiger partial charge in [-0.05, 0) is 55.4 Å². The lowest BCUT2D eigenvalue weighted by molar-refractivity contribution is -0.143. The van der Waals surface area contributed by atoms with Gasteiger partial charge in [-0.3, -0.25) is 4.79 Å². The summed E-state index contributed by atoms with van der Waals surface area (Å²) in [4.78, 5) is 25.2. The molecule has 0 fully saturated rings. The Kier molecular flexibility index (Phi) is 9.19. The van der Waals surface area contributed by atoms with Crippen molar-refractivity contribution in [2.75, 3.05) is 13.2 Å². The van der Waals surface area contributed by atoms with Crippen molar-refractivity contribution in [3.8, 4) is 11.1 Å². The van der Waals surface area contributed by atoms with Gasteiger partial charge in [-0.1, -0.05) is 56.7 Å². The molecule has 31 heavy (non-hydrogen) atoms. The molecule has 1 atom stereocenters. The Morgan fingerprint density at radius 3 is 2.55 bits per heavy atom. The number of rotatable bonds is 10. The lowest BCUT2D eigenvalue weighted by atomic mass is 9.75. The van der Waals surface area contributed by atoms with E-state index < -0.39 is 23.3 Å². The smallest absolute Gasteiger partial charge is 0.396 e. The molecule has 2 N–H and O–H groups in total. The summed E-state index contributed by atoms with van der Waals surface area (Å²) in [6, 6.07) is 12.3. The van der Waals surface area contributed by atoms with Crippen LogP contribution in [0.25, 0.3) is 11.1 Å². The van der Waals surface area contributed by atoms with E-state index in [1.54, 1.807) is 19.1 Å². The van der Waals surface area contributed by atoms with Gasteiger partial charge in [0.1, 0.15) is 5.82 Å². The van der Waals surface area contributed by atoms with Crippen LogP contribution in [0.4, 0.5) is 9.18 Å². The zero-order chi connectivity index (χ0) is 22.9. The molecule has 0 spiro atoms. The molecule has 5 nitrogen and oxygen atoms in total. The Morgan fingerprint density at radius 2 is 1.87 bits per heavy atom. The molecule has 1 amide bonds. The Bertz CT molecular complexity index is 899. The highest BCUT2D eigenvalue weighted by atomic mass is 19.1. The first-order valence-corrected chi connectivity index (χ1v) is 10.9. The van der Waals surface area contributed by atoms with Gasteiger partial charge in [-0.15, -0.1) is 0 Å². The molecule has 0 saturated carbocycles. The topological polar surface area (TPSA) is 75.6 Å². The maximum atomic E-state index is 15.1. The summed E-state index contributed by atoms with van der Waals surface area (Å²) in [7, 11) is 0. The van der Waals surface area contributed by atoms with Gasteiger partial charge < -0.3 is 15.2 Å². The lowest BCUT2D eigenvalue weighted by Gasteiger charge is -2.29. The third-order valence-corrected chi connectivity index (χ3v) is 5.47. The number of ether oxygens (including phenoxy) is 1. The average Bonchev–Trinajstić information content (AvgIpc) is 2.76. The average molecular weight is 430 g/mol. The molecule has 2 aromatic rings. The molecule has 0 radical (unpaired) electrons. The minimum absolute atomic E-state index is 0.0335. The van der Waals surface area contributed by atoms with E-state index in [-0.39, 0.29) is 6.61 Å². The molecule has 0 aliphatic rings. The number of carbonyl (C=O) groups excluding carboxylic acids is 2. The lowest BCUT2D eigenvalue weighted by Crippen LogP contribution is -2.39. The molecule has 0 heterocycles. The molecular formula is C25H32FNO4. The number of benzene rings is 2. The minimum atomic E-state index is -1.20. The van der Waals surface area contributed by atoms with E-state index in [1.165, 1.54) is 6.07 Å². The number of esters is 1. The molecule has 0 aliphatic carbocycles. The Labute approximate surface area is 183 Å². The molecule has 6 heteroatoms. The van der Waals surface area contributed by atoms with Crippen LogP contribution in [0, 0.1) is 5.82 Å². The zero-order valence-corrected chi connectivity index (χ0v) is 18.5. The number of alkyl carbamates (subject to hydrolysis) is 1. The second kappa shape index (κ2) is 11.6. The van der Waals surface area contributed by atoms with Gasteiger partial charge in [0, 0.05) is 18.7 Å². The number of aryl methyl sites for hydroxylation is 1. The van der Waals surface area contributed by atoms with Crippen LogP contribution in [0.2, 0.25) is 0 Å². The number of hydrogen-bond acceptors (Lipinski definition) is 4. The minimum Gasteiger partial charge on any atom is -0.396 e. The van der Waals surface area contributed by atoms with E-state index in [0.717, 1.165) is 12.0 Å². The highest BCUT2D eigenvalue weighted by molar-refractivity contribution is 5.93. The van der Waals surface area contributed by atoms with Crippen molar-refractivity contribution in [3.05, 3.63) is 59.4 Å². The largest absolute Gasteiger partial charge is 0.414 e. The molecule has 1 unspecified atom stereocenters. The SMILES string of the molecule is CCCC(C)(C(=O)OC(=O)NCCCCO)c1cccc(F)c1-c1cccc(CC)c1. The summed E-state index contributed by atoms with van der Waals surface area (Å²) in [6.45, 7) is 5.98. The number of unbranched alkanes of at least 4 members (excludes halogenated alkanes) is 1. The van der Waals surface area contributed by atoms with Gasteiger partial charge in [0.25, 0.3) is 0 Å². The zero-order valence-electron chi connectivity index (χ0n) is 18.5. The number of nitrogens with one attached hydrogen (secondary N) is 1. The van der Waals surface area contributed by atoms with Crippen LogP contribution in [0.3, 0.4) is 0 Å². The quantitative estimate of drug-likeness (QED) is 0.312. The van der Waals surface area contributed by atoms with Gasteiger partial charge in [-0.2, -0.15) is 0 Å². The Balaban J connectivity index is 2.40. The molecule has 0 aliphatic heterocycles. The van der Waals surface area contributed by atoms with E-state index in [2.05, 4.69) is 5.32 Å². The van der Waals surface area contributed by atoms with E-state index in [4.69, 9.17) is 9.84 Å². The molecule has 2 aromatic carbocycles. The van der Waals surface area contributed by atoms with Gasteiger partial charge in [-0.25, -0.2) is 9.18 Å². The summed E-state index contributed by atoms with van der Waals surface area (Å²) in [5.74, 6) is -1.14.